The largest absolute Gasteiger partial charge is 0.507 e. The van der Waals surface area contributed by atoms with Crippen LogP contribution in [0.15, 0.2) is 66.7 Å². The Bertz CT molecular complexity index is 1220. The van der Waals surface area contributed by atoms with Crippen LogP contribution in [0.5, 0.6) is 11.5 Å². The lowest BCUT2D eigenvalue weighted by Gasteiger charge is -2.12. The minimum absolute atomic E-state index is 0.117. The molecule has 31 heavy (non-hydrogen) atoms. The number of hydrogen-bond acceptors (Lipinski definition) is 6. The highest BCUT2D eigenvalue weighted by atomic mass is 32.1. The van der Waals surface area contributed by atoms with E-state index in [-0.39, 0.29) is 23.4 Å². The summed E-state index contributed by atoms with van der Waals surface area (Å²) in [6, 6.07) is 20.2. The molecule has 4 rings (SSSR count). The molecule has 6 nitrogen and oxygen atoms in total. The van der Waals surface area contributed by atoms with Crippen molar-refractivity contribution >= 4 is 50.5 Å². The lowest BCUT2D eigenvalue weighted by atomic mass is 10.2. The summed E-state index contributed by atoms with van der Waals surface area (Å²) in [4.78, 5) is 16.7. The molecule has 1 heterocycles. The summed E-state index contributed by atoms with van der Waals surface area (Å²) >= 11 is 6.72. The Morgan fingerprint density at radius 1 is 1.13 bits per heavy atom. The van der Waals surface area contributed by atoms with Crippen LogP contribution < -0.4 is 15.4 Å². The van der Waals surface area contributed by atoms with Gasteiger partial charge in [-0.25, -0.2) is 4.98 Å². The van der Waals surface area contributed by atoms with Crippen LogP contribution in [-0.2, 0) is 4.79 Å². The van der Waals surface area contributed by atoms with Gasteiger partial charge in [0.1, 0.15) is 16.5 Å². The Balaban J connectivity index is 1.39. The SMILES string of the molecule is Cc1ccc(OCC(=O)NC(=S)Nc2ccc(O)c(-c3nc4ccccc4s3)c2)cc1. The third-order valence-electron chi connectivity index (χ3n) is 4.42. The van der Waals surface area contributed by atoms with Crippen molar-refractivity contribution in [3.05, 3.63) is 72.3 Å². The van der Waals surface area contributed by atoms with Gasteiger partial charge in [0.15, 0.2) is 11.7 Å². The fraction of sp³-hybridized carbons (Fsp3) is 0.0870. The number of phenols is 1. The molecule has 0 aliphatic rings. The fourth-order valence-corrected chi connectivity index (χ4v) is 4.10. The number of rotatable bonds is 5. The van der Waals surface area contributed by atoms with Crippen LogP contribution in [0.25, 0.3) is 20.8 Å². The molecule has 0 fully saturated rings. The van der Waals surface area contributed by atoms with Crippen molar-refractivity contribution in [3.8, 4) is 22.1 Å². The number of benzene rings is 3. The first kappa shape index (κ1) is 20.8. The highest BCUT2D eigenvalue weighted by Gasteiger charge is 2.12. The number of nitrogens with zero attached hydrogens (tertiary/aromatic N) is 1. The van der Waals surface area contributed by atoms with Gasteiger partial charge in [0.25, 0.3) is 5.91 Å². The maximum Gasteiger partial charge on any atom is 0.264 e. The number of anilines is 1. The maximum atomic E-state index is 12.1. The van der Waals surface area contributed by atoms with E-state index in [9.17, 15) is 9.90 Å². The number of thiocarbonyl (C=S) groups is 1. The number of amides is 1. The summed E-state index contributed by atoms with van der Waals surface area (Å²) in [5.74, 6) is 0.355. The number of ether oxygens (including phenoxy) is 1. The van der Waals surface area contributed by atoms with E-state index in [0.29, 0.717) is 22.0 Å². The van der Waals surface area contributed by atoms with Gasteiger partial charge < -0.3 is 15.2 Å². The molecule has 0 bridgehead atoms. The molecule has 0 saturated carbocycles. The zero-order chi connectivity index (χ0) is 21.8. The monoisotopic (exact) mass is 449 g/mol. The van der Waals surface area contributed by atoms with Gasteiger partial charge >= 0.3 is 0 Å². The fourth-order valence-electron chi connectivity index (χ4n) is 2.88. The third-order valence-corrected chi connectivity index (χ3v) is 5.70. The molecule has 0 aliphatic heterocycles. The third kappa shape index (κ3) is 5.17. The Morgan fingerprint density at radius 2 is 1.90 bits per heavy atom. The van der Waals surface area contributed by atoms with E-state index in [1.54, 1.807) is 30.3 Å². The van der Waals surface area contributed by atoms with E-state index in [0.717, 1.165) is 15.8 Å². The van der Waals surface area contributed by atoms with Crippen molar-refractivity contribution in [2.75, 3.05) is 11.9 Å². The van der Waals surface area contributed by atoms with Gasteiger partial charge in [0.2, 0.25) is 0 Å². The molecule has 4 aromatic rings. The number of carbonyl (C=O) groups is 1. The van der Waals surface area contributed by atoms with E-state index < -0.39 is 0 Å². The number of nitrogens with one attached hydrogen (secondary N) is 2. The van der Waals surface area contributed by atoms with E-state index in [1.165, 1.54) is 11.3 Å². The number of carbonyl (C=O) groups excluding carboxylic acids is 1. The highest BCUT2D eigenvalue weighted by molar-refractivity contribution is 7.80. The average molecular weight is 450 g/mol. The van der Waals surface area contributed by atoms with Gasteiger partial charge in [0, 0.05) is 5.69 Å². The molecular weight excluding hydrogens is 430 g/mol. The standard InChI is InChI=1S/C23H19N3O3S2/c1-14-6-9-16(10-7-14)29-13-21(28)26-23(30)24-15-8-11-19(27)17(12-15)22-25-18-4-2-3-5-20(18)31-22/h2-12,27H,13H2,1H3,(H2,24,26,28,30). The van der Waals surface area contributed by atoms with E-state index in [1.807, 2.05) is 43.3 Å². The zero-order valence-electron chi connectivity index (χ0n) is 16.6. The van der Waals surface area contributed by atoms with Gasteiger partial charge in [-0.1, -0.05) is 29.8 Å². The summed E-state index contributed by atoms with van der Waals surface area (Å²) < 4.78 is 6.49. The van der Waals surface area contributed by atoms with Crippen molar-refractivity contribution in [1.29, 1.82) is 0 Å². The second kappa shape index (κ2) is 9.11. The smallest absolute Gasteiger partial charge is 0.264 e. The number of para-hydroxylation sites is 1. The molecule has 0 radical (unpaired) electrons. The van der Waals surface area contributed by atoms with Gasteiger partial charge in [-0.15, -0.1) is 11.3 Å². The van der Waals surface area contributed by atoms with E-state index >= 15 is 0 Å². The van der Waals surface area contributed by atoms with E-state index in [2.05, 4.69) is 15.6 Å². The molecule has 0 spiro atoms. The molecule has 8 heteroatoms. The molecule has 3 aromatic carbocycles. The number of phenolic OH excluding ortho intramolecular Hbond substituents is 1. The quantitative estimate of drug-likeness (QED) is 0.298. The molecule has 0 aliphatic carbocycles. The molecule has 0 unspecified atom stereocenters. The predicted molar refractivity (Wildman–Crippen MR) is 128 cm³/mol. The number of hydrogen-bond donors (Lipinski definition) is 3. The minimum Gasteiger partial charge on any atom is -0.507 e. The van der Waals surface area contributed by atoms with Crippen LogP contribution in [0.1, 0.15) is 5.56 Å². The van der Waals surface area contributed by atoms with Crippen molar-refractivity contribution in [2.24, 2.45) is 0 Å². The van der Waals surface area contributed by atoms with Crippen molar-refractivity contribution in [2.45, 2.75) is 6.92 Å². The van der Waals surface area contributed by atoms with Crippen LogP contribution >= 0.6 is 23.6 Å². The molecule has 1 amide bonds. The topological polar surface area (TPSA) is 83.5 Å². The molecule has 3 N–H and O–H groups in total. The number of aryl methyl sites for hydroxylation is 1. The first-order chi connectivity index (χ1) is 15.0. The van der Waals surface area contributed by atoms with Gasteiger partial charge in [0.05, 0.1) is 15.8 Å². The van der Waals surface area contributed by atoms with E-state index in [4.69, 9.17) is 17.0 Å². The highest BCUT2D eigenvalue weighted by Crippen LogP contribution is 2.36. The second-order valence-corrected chi connectivity index (χ2v) is 8.26. The Labute approximate surface area is 188 Å². The summed E-state index contributed by atoms with van der Waals surface area (Å²) in [7, 11) is 0. The molecule has 0 saturated heterocycles. The Hall–Kier alpha value is -3.49. The zero-order valence-corrected chi connectivity index (χ0v) is 18.2. The first-order valence-electron chi connectivity index (χ1n) is 9.47. The average Bonchev–Trinajstić information content (AvgIpc) is 3.18. The van der Waals surface area contributed by atoms with Crippen molar-refractivity contribution in [3.63, 3.8) is 0 Å². The van der Waals surface area contributed by atoms with Gasteiger partial charge in [-0.2, -0.15) is 0 Å². The minimum atomic E-state index is -0.372. The number of thiazole rings is 1. The van der Waals surface area contributed by atoms with Crippen LogP contribution in [0.4, 0.5) is 5.69 Å². The lowest BCUT2D eigenvalue weighted by molar-refractivity contribution is -0.121. The van der Waals surface area contributed by atoms with Crippen LogP contribution in [0, 0.1) is 6.92 Å². The number of aromatic hydroxyl groups is 1. The molecule has 1 aromatic heterocycles. The summed E-state index contributed by atoms with van der Waals surface area (Å²) in [6.45, 7) is 1.82. The van der Waals surface area contributed by atoms with Crippen LogP contribution in [0.3, 0.4) is 0 Å². The summed E-state index contributed by atoms with van der Waals surface area (Å²) in [6.07, 6.45) is 0. The normalized spacial score (nSPS) is 10.6. The van der Waals surface area contributed by atoms with Crippen LogP contribution in [0.2, 0.25) is 0 Å². The summed E-state index contributed by atoms with van der Waals surface area (Å²) in [5.41, 5.74) is 3.19. The molecule has 0 atom stereocenters. The van der Waals surface area contributed by atoms with Gasteiger partial charge in [-0.3, -0.25) is 10.1 Å². The lowest BCUT2D eigenvalue weighted by Crippen LogP contribution is -2.37. The van der Waals surface area contributed by atoms with Gasteiger partial charge in [-0.05, 0) is 61.6 Å². The Morgan fingerprint density at radius 3 is 2.68 bits per heavy atom. The first-order valence-corrected chi connectivity index (χ1v) is 10.7. The Kier molecular flexibility index (Phi) is 6.11. The van der Waals surface area contributed by atoms with Crippen LogP contribution in [-0.4, -0.2) is 27.7 Å². The summed E-state index contributed by atoms with van der Waals surface area (Å²) in [5, 5.41) is 16.7. The molecular formula is C23H19N3O3S2. The van der Waals surface area contributed by atoms with Crippen molar-refractivity contribution in [1.82, 2.24) is 10.3 Å². The number of aromatic nitrogens is 1. The molecule has 156 valence electrons. The number of fused-ring (bicyclic) bond motifs is 1. The van der Waals surface area contributed by atoms with Crippen molar-refractivity contribution < 1.29 is 14.6 Å². The maximum absolute atomic E-state index is 12.1. The second-order valence-electron chi connectivity index (χ2n) is 6.82. The predicted octanol–water partition coefficient (Wildman–Crippen LogP) is 4.87.